The predicted octanol–water partition coefficient (Wildman–Crippen LogP) is 1.39. The predicted molar refractivity (Wildman–Crippen MR) is 82.2 cm³/mol. The number of hydrogen-bond acceptors (Lipinski definition) is 5. The molecule has 0 aromatic heterocycles. The first-order valence-corrected chi connectivity index (χ1v) is 8.10. The fraction of sp³-hybridized carbons (Fsp3) is 0.786. The minimum Gasteiger partial charge on any atom is -0.297 e. The molecule has 2 fully saturated rings. The second kappa shape index (κ2) is 5.95. The Hall–Kier alpha value is -0.720. The number of thioether (sulfide) groups is 1. The van der Waals surface area contributed by atoms with Crippen molar-refractivity contribution in [3.63, 3.8) is 0 Å². The van der Waals surface area contributed by atoms with Gasteiger partial charge >= 0.3 is 5.91 Å². The van der Waals surface area contributed by atoms with Gasteiger partial charge in [0.2, 0.25) is 0 Å². The van der Waals surface area contributed by atoms with Gasteiger partial charge < -0.3 is 0 Å². The fourth-order valence-electron chi connectivity index (χ4n) is 2.46. The summed E-state index contributed by atoms with van der Waals surface area (Å²) in [5.74, 6) is 0.0496. The first-order valence-electron chi connectivity index (χ1n) is 7.29. The summed E-state index contributed by atoms with van der Waals surface area (Å²) >= 11 is 1.09. The van der Waals surface area contributed by atoms with E-state index in [1.165, 1.54) is 18.2 Å². The van der Waals surface area contributed by atoms with E-state index in [4.69, 9.17) is 10.8 Å². The lowest BCUT2D eigenvalue weighted by molar-refractivity contribution is -0.451. The maximum atomic E-state index is 12.3. The van der Waals surface area contributed by atoms with E-state index in [1.54, 1.807) is 0 Å². The van der Waals surface area contributed by atoms with Gasteiger partial charge in [0.25, 0.3) is 5.17 Å². The molecule has 6 heteroatoms. The Morgan fingerprint density at radius 2 is 1.90 bits per heavy atom. The highest BCUT2D eigenvalue weighted by Gasteiger charge is 2.42. The van der Waals surface area contributed by atoms with Gasteiger partial charge in [-0.1, -0.05) is 20.8 Å². The third-order valence-electron chi connectivity index (χ3n) is 3.81. The number of rotatable bonds is 2. The van der Waals surface area contributed by atoms with Gasteiger partial charge in [-0.05, 0) is 32.2 Å². The van der Waals surface area contributed by atoms with Gasteiger partial charge in [0, 0.05) is 23.2 Å². The molecule has 4 N–H and O–H groups in total. The monoisotopic (exact) mass is 297 g/mol. The van der Waals surface area contributed by atoms with Crippen LogP contribution in [0.15, 0.2) is 0 Å². The van der Waals surface area contributed by atoms with E-state index in [0.29, 0.717) is 11.1 Å². The van der Waals surface area contributed by atoms with Crippen molar-refractivity contribution in [2.24, 2.45) is 5.41 Å². The number of amidine groups is 1. The molecule has 1 saturated carbocycles. The number of carbonyl (C=O) groups is 1. The molecule has 2 aliphatic rings. The minimum absolute atomic E-state index is 0.0210. The van der Waals surface area contributed by atoms with Crippen molar-refractivity contribution in [1.29, 1.82) is 10.8 Å². The molecule has 112 valence electrons. The average Bonchev–Trinajstić information content (AvgIpc) is 3.05. The van der Waals surface area contributed by atoms with Crippen molar-refractivity contribution in [2.75, 3.05) is 6.54 Å². The summed E-state index contributed by atoms with van der Waals surface area (Å²) in [6.45, 7) is 6.86. The van der Waals surface area contributed by atoms with E-state index in [2.05, 4.69) is 4.90 Å². The number of carbonyl (C=O) groups excluding carboxylic acids is 1. The highest BCUT2D eigenvalue weighted by molar-refractivity contribution is 8.26. The highest BCUT2D eigenvalue weighted by atomic mass is 32.2. The van der Waals surface area contributed by atoms with Gasteiger partial charge in [-0.3, -0.25) is 10.3 Å². The zero-order valence-electron chi connectivity index (χ0n) is 12.5. The lowest BCUT2D eigenvalue weighted by atomic mass is 9.99. The summed E-state index contributed by atoms with van der Waals surface area (Å²) < 4.78 is 0. The Morgan fingerprint density at radius 3 is 2.45 bits per heavy atom. The van der Waals surface area contributed by atoms with E-state index >= 15 is 0 Å². The Balaban J connectivity index is 1.84. The molecule has 1 saturated heterocycles. The largest absolute Gasteiger partial charge is 0.334 e. The molecule has 5 nitrogen and oxygen atoms in total. The van der Waals surface area contributed by atoms with Crippen LogP contribution in [0.1, 0.15) is 46.5 Å². The zero-order chi connectivity index (χ0) is 14.9. The number of likely N-dealkylation sites (tertiary alicyclic amines) is 1. The molecular formula is C14H25N4OS+. The van der Waals surface area contributed by atoms with Gasteiger partial charge in [0.15, 0.2) is 0 Å². The molecule has 2 rings (SSSR count). The highest BCUT2D eigenvalue weighted by Crippen LogP contribution is 2.33. The number of primary amides is 1. The summed E-state index contributed by atoms with van der Waals surface area (Å²) in [6.07, 6.45) is 4.43. The van der Waals surface area contributed by atoms with Crippen molar-refractivity contribution in [1.82, 2.24) is 4.90 Å². The van der Waals surface area contributed by atoms with E-state index in [9.17, 15) is 4.79 Å². The number of amides is 1. The molecule has 0 aromatic rings. The van der Waals surface area contributed by atoms with Gasteiger partial charge in [-0.2, -0.15) is 0 Å². The summed E-state index contributed by atoms with van der Waals surface area (Å²) in [5.41, 5.74) is -0.263. The molecular weight excluding hydrogens is 272 g/mol. The van der Waals surface area contributed by atoms with Crippen molar-refractivity contribution in [3.8, 4) is 0 Å². The Morgan fingerprint density at radius 1 is 1.25 bits per heavy atom. The van der Waals surface area contributed by atoms with Crippen LogP contribution in [0.3, 0.4) is 0 Å². The summed E-state index contributed by atoms with van der Waals surface area (Å²) in [4.78, 5) is 14.6. The van der Waals surface area contributed by atoms with Crippen LogP contribution in [-0.2, 0) is 4.79 Å². The molecule has 0 bridgehead atoms. The lowest BCUT2D eigenvalue weighted by Crippen LogP contribution is -2.93. The normalized spacial score (nSPS) is 23.9. The van der Waals surface area contributed by atoms with Gasteiger partial charge in [-0.15, -0.1) is 0 Å². The third-order valence-corrected chi connectivity index (χ3v) is 4.96. The number of nitrogens with zero attached hydrogens (tertiary/aromatic N) is 1. The second-order valence-electron chi connectivity index (χ2n) is 6.72. The second-order valence-corrected chi connectivity index (χ2v) is 7.77. The van der Waals surface area contributed by atoms with Crippen LogP contribution in [0.5, 0.6) is 0 Å². The van der Waals surface area contributed by atoms with Crippen LogP contribution in [-0.4, -0.2) is 39.6 Å². The summed E-state index contributed by atoms with van der Waals surface area (Å²) in [5, 5.41) is 17.9. The van der Waals surface area contributed by atoms with Crippen molar-refractivity contribution < 1.29 is 10.1 Å². The van der Waals surface area contributed by atoms with Crippen LogP contribution in [0.2, 0.25) is 0 Å². The lowest BCUT2D eigenvalue weighted by Gasteiger charge is -2.21. The number of nitrogens with two attached hydrogens (primary N) is 1. The third kappa shape index (κ3) is 3.90. The molecule has 1 aliphatic heterocycles. The molecule has 0 radical (unpaired) electrons. The topological polar surface area (TPSA) is 84.6 Å². The Bertz CT molecular complexity index is 425. The molecule has 0 aromatic carbocycles. The quantitative estimate of drug-likeness (QED) is 0.532. The first kappa shape index (κ1) is 15.7. The molecule has 0 spiro atoms. The summed E-state index contributed by atoms with van der Waals surface area (Å²) in [7, 11) is 0. The number of hydrogen-bond donors (Lipinski definition) is 3. The molecule has 1 aliphatic carbocycles. The smallest absolute Gasteiger partial charge is 0.297 e. The molecule has 0 unspecified atom stereocenters. The van der Waals surface area contributed by atoms with E-state index < -0.39 is 0 Å². The molecule has 20 heavy (non-hydrogen) atoms. The fourth-order valence-corrected chi connectivity index (χ4v) is 3.16. The van der Waals surface area contributed by atoms with Crippen molar-refractivity contribution in [2.45, 2.75) is 58.5 Å². The molecule has 1 heterocycles. The molecule has 1 atom stereocenters. The number of quaternary nitrogens is 1. The summed E-state index contributed by atoms with van der Waals surface area (Å²) in [6, 6.07) is 0.585. The zero-order valence-corrected chi connectivity index (χ0v) is 13.3. The van der Waals surface area contributed by atoms with Crippen molar-refractivity contribution in [3.05, 3.63) is 0 Å². The molecule has 1 amide bonds. The Labute approximate surface area is 124 Å². The first-order chi connectivity index (χ1) is 9.29. The van der Waals surface area contributed by atoms with Crippen LogP contribution in [0.4, 0.5) is 0 Å². The Kier molecular flexibility index (Phi) is 4.66. The number of nitrogens with one attached hydrogen (secondary N) is 2. The van der Waals surface area contributed by atoms with Gasteiger partial charge in [0.1, 0.15) is 6.04 Å². The van der Waals surface area contributed by atoms with E-state index in [1.807, 2.05) is 20.8 Å². The maximum absolute atomic E-state index is 12.3. The minimum atomic E-state index is -0.263. The van der Waals surface area contributed by atoms with Crippen LogP contribution in [0, 0.1) is 16.2 Å². The van der Waals surface area contributed by atoms with Crippen LogP contribution >= 0.6 is 11.8 Å². The van der Waals surface area contributed by atoms with Crippen LogP contribution in [0.25, 0.3) is 0 Å². The standard InChI is InChI=1S/C14H24N4OS/c1-14(2,3)12(15)20-13(16)17-11(19)10-5-4-8-18(10)9-6-7-9/h9-10,15H,4-8H2,1-3H3,(H2,16,17,19)/p+1/t10-/m0/s1. The van der Waals surface area contributed by atoms with Crippen LogP contribution < -0.4 is 5.32 Å². The van der Waals surface area contributed by atoms with E-state index in [0.717, 1.165) is 31.1 Å². The van der Waals surface area contributed by atoms with Gasteiger partial charge in [0.05, 0.1) is 5.04 Å². The SMILES string of the molecule is CC(C)(C)C(=N)SC(=N)[NH2+]C(=O)[C@@H]1CCCN1C1CC1. The van der Waals surface area contributed by atoms with E-state index in [-0.39, 0.29) is 22.5 Å². The van der Waals surface area contributed by atoms with Gasteiger partial charge in [-0.25, -0.2) is 15.5 Å². The average molecular weight is 297 g/mol. The maximum Gasteiger partial charge on any atom is 0.334 e. The van der Waals surface area contributed by atoms with Crippen molar-refractivity contribution >= 4 is 27.9 Å².